The molecule has 0 heterocycles. The summed E-state index contributed by atoms with van der Waals surface area (Å²) in [6.07, 6.45) is 6.81. The first-order valence-corrected chi connectivity index (χ1v) is 7.03. The Kier molecular flexibility index (Phi) is 4.36. The first-order valence-electron chi connectivity index (χ1n) is 7.03. The fourth-order valence-corrected chi connectivity index (χ4v) is 3.15. The van der Waals surface area contributed by atoms with Crippen molar-refractivity contribution in [2.24, 2.45) is 11.8 Å². The van der Waals surface area contributed by atoms with E-state index in [1.54, 1.807) is 6.92 Å². The highest BCUT2D eigenvalue weighted by molar-refractivity contribution is 5.29. The van der Waals surface area contributed by atoms with Crippen LogP contribution in [0.1, 0.15) is 50.2 Å². The summed E-state index contributed by atoms with van der Waals surface area (Å²) < 4.78 is 27.1. The Bertz CT molecular complexity index is 412. The third-order valence-electron chi connectivity index (χ3n) is 4.53. The molecule has 0 N–H and O–H groups in total. The fourth-order valence-electron chi connectivity index (χ4n) is 3.15. The Labute approximate surface area is 108 Å². The predicted molar refractivity (Wildman–Crippen MR) is 70.5 cm³/mol. The van der Waals surface area contributed by atoms with Crippen molar-refractivity contribution in [3.05, 3.63) is 34.9 Å². The molecule has 2 unspecified atom stereocenters. The zero-order valence-corrected chi connectivity index (χ0v) is 11.3. The molecular weight excluding hydrogens is 230 g/mol. The van der Waals surface area contributed by atoms with Crippen LogP contribution in [0.5, 0.6) is 0 Å². The van der Waals surface area contributed by atoms with Gasteiger partial charge in [-0.05, 0) is 54.9 Å². The van der Waals surface area contributed by atoms with Gasteiger partial charge in [0, 0.05) is 0 Å². The van der Waals surface area contributed by atoms with Gasteiger partial charge < -0.3 is 0 Å². The monoisotopic (exact) mass is 252 g/mol. The summed E-state index contributed by atoms with van der Waals surface area (Å²) >= 11 is 0. The van der Waals surface area contributed by atoms with Crippen LogP contribution in [0.3, 0.4) is 0 Å². The van der Waals surface area contributed by atoms with Gasteiger partial charge in [-0.2, -0.15) is 0 Å². The minimum Gasteiger partial charge on any atom is -0.207 e. The van der Waals surface area contributed by atoms with E-state index in [-0.39, 0.29) is 11.6 Å². The van der Waals surface area contributed by atoms with Gasteiger partial charge in [0.25, 0.3) is 0 Å². The molecule has 0 amide bonds. The predicted octanol–water partition coefficient (Wildman–Crippen LogP) is 5.03. The molecule has 0 nitrogen and oxygen atoms in total. The molecule has 2 atom stereocenters. The molecule has 2 rings (SSSR count). The largest absolute Gasteiger partial charge is 0.207 e. The average Bonchev–Trinajstić information content (AvgIpc) is 2.36. The average molecular weight is 252 g/mol. The van der Waals surface area contributed by atoms with E-state index in [1.165, 1.54) is 37.8 Å². The topological polar surface area (TPSA) is 0 Å². The first kappa shape index (κ1) is 13.5. The van der Waals surface area contributed by atoms with Crippen molar-refractivity contribution < 1.29 is 8.78 Å². The van der Waals surface area contributed by atoms with E-state index in [0.717, 1.165) is 12.3 Å². The second-order valence-electron chi connectivity index (χ2n) is 5.69. The minimum absolute atomic E-state index is 0.252. The molecule has 100 valence electrons. The highest BCUT2D eigenvalue weighted by Crippen LogP contribution is 2.33. The SMILES string of the molecule is Cc1c(F)ccc(F)c1CCC1CCCCC1C. The zero-order chi connectivity index (χ0) is 13.1. The van der Waals surface area contributed by atoms with E-state index in [0.29, 0.717) is 23.5 Å². The highest BCUT2D eigenvalue weighted by Gasteiger charge is 2.22. The third-order valence-corrected chi connectivity index (χ3v) is 4.53. The van der Waals surface area contributed by atoms with E-state index >= 15 is 0 Å². The van der Waals surface area contributed by atoms with Gasteiger partial charge in [-0.1, -0.05) is 32.6 Å². The van der Waals surface area contributed by atoms with Crippen molar-refractivity contribution in [2.45, 2.75) is 52.4 Å². The van der Waals surface area contributed by atoms with Gasteiger partial charge in [-0.3, -0.25) is 0 Å². The van der Waals surface area contributed by atoms with Crippen LogP contribution < -0.4 is 0 Å². The maximum absolute atomic E-state index is 13.7. The van der Waals surface area contributed by atoms with Crippen LogP contribution in [0.25, 0.3) is 0 Å². The molecule has 0 aromatic heterocycles. The Morgan fingerprint density at radius 1 is 1.11 bits per heavy atom. The van der Waals surface area contributed by atoms with Gasteiger partial charge >= 0.3 is 0 Å². The summed E-state index contributed by atoms with van der Waals surface area (Å²) in [7, 11) is 0. The molecule has 0 radical (unpaired) electrons. The molecule has 1 saturated carbocycles. The first-order chi connectivity index (χ1) is 8.59. The number of rotatable bonds is 3. The van der Waals surface area contributed by atoms with Crippen LogP contribution in [-0.2, 0) is 6.42 Å². The lowest BCUT2D eigenvalue weighted by Gasteiger charge is -2.28. The molecule has 0 aliphatic heterocycles. The highest BCUT2D eigenvalue weighted by atomic mass is 19.1. The van der Waals surface area contributed by atoms with Crippen molar-refractivity contribution in [1.82, 2.24) is 0 Å². The molecule has 0 spiro atoms. The minimum atomic E-state index is -0.289. The molecule has 1 aliphatic carbocycles. The Hall–Kier alpha value is -0.920. The Balaban J connectivity index is 2.03. The molecule has 18 heavy (non-hydrogen) atoms. The summed E-state index contributed by atoms with van der Waals surface area (Å²) in [6, 6.07) is 2.47. The fraction of sp³-hybridized carbons (Fsp3) is 0.625. The van der Waals surface area contributed by atoms with E-state index in [1.807, 2.05) is 0 Å². The Morgan fingerprint density at radius 3 is 2.50 bits per heavy atom. The maximum Gasteiger partial charge on any atom is 0.126 e. The lowest BCUT2D eigenvalue weighted by Crippen LogP contribution is -2.17. The lowest BCUT2D eigenvalue weighted by molar-refractivity contribution is 0.241. The lowest BCUT2D eigenvalue weighted by atomic mass is 9.77. The van der Waals surface area contributed by atoms with Gasteiger partial charge in [0.2, 0.25) is 0 Å². The second-order valence-corrected chi connectivity index (χ2v) is 5.69. The molecule has 2 heteroatoms. The number of halogens is 2. The molecule has 0 bridgehead atoms. The van der Waals surface area contributed by atoms with Crippen molar-refractivity contribution in [3.63, 3.8) is 0 Å². The molecule has 1 aliphatic rings. The van der Waals surface area contributed by atoms with Crippen LogP contribution in [0, 0.1) is 30.4 Å². The molecule has 1 aromatic carbocycles. The molecule has 0 saturated heterocycles. The van der Waals surface area contributed by atoms with Gasteiger partial charge in [0.1, 0.15) is 11.6 Å². The summed E-state index contributed by atoms with van der Waals surface area (Å²) in [5, 5.41) is 0. The summed E-state index contributed by atoms with van der Waals surface area (Å²) in [5.41, 5.74) is 1.06. The van der Waals surface area contributed by atoms with Crippen molar-refractivity contribution in [2.75, 3.05) is 0 Å². The van der Waals surface area contributed by atoms with Crippen LogP contribution in [0.4, 0.5) is 8.78 Å². The summed E-state index contributed by atoms with van der Waals surface area (Å²) in [5.74, 6) is 0.872. The third kappa shape index (κ3) is 2.90. The number of benzene rings is 1. The van der Waals surface area contributed by atoms with Gasteiger partial charge in [-0.15, -0.1) is 0 Å². The van der Waals surface area contributed by atoms with Crippen LogP contribution in [-0.4, -0.2) is 0 Å². The van der Waals surface area contributed by atoms with Crippen molar-refractivity contribution in [3.8, 4) is 0 Å². The molecular formula is C16H22F2. The zero-order valence-electron chi connectivity index (χ0n) is 11.3. The second kappa shape index (κ2) is 5.81. The van der Waals surface area contributed by atoms with Crippen molar-refractivity contribution >= 4 is 0 Å². The molecule has 1 aromatic rings. The maximum atomic E-state index is 13.7. The van der Waals surface area contributed by atoms with E-state index in [2.05, 4.69) is 6.92 Å². The van der Waals surface area contributed by atoms with Crippen LogP contribution in [0.2, 0.25) is 0 Å². The van der Waals surface area contributed by atoms with E-state index in [4.69, 9.17) is 0 Å². The number of hydrogen-bond acceptors (Lipinski definition) is 0. The standard InChI is InChI=1S/C16H22F2/c1-11-5-3-4-6-13(11)7-8-14-12(2)15(17)9-10-16(14)18/h9-11,13H,3-8H2,1-2H3. The van der Waals surface area contributed by atoms with Gasteiger partial charge in [0.05, 0.1) is 0 Å². The van der Waals surface area contributed by atoms with Crippen LogP contribution in [0.15, 0.2) is 12.1 Å². The number of hydrogen-bond donors (Lipinski definition) is 0. The van der Waals surface area contributed by atoms with E-state index in [9.17, 15) is 8.78 Å². The summed E-state index contributed by atoms with van der Waals surface area (Å²) in [4.78, 5) is 0. The Morgan fingerprint density at radius 2 is 1.78 bits per heavy atom. The van der Waals surface area contributed by atoms with Crippen molar-refractivity contribution in [1.29, 1.82) is 0 Å². The normalized spacial score (nSPS) is 24.2. The summed E-state index contributed by atoms with van der Waals surface area (Å²) in [6.45, 7) is 3.97. The van der Waals surface area contributed by atoms with Gasteiger partial charge in [-0.25, -0.2) is 8.78 Å². The smallest absolute Gasteiger partial charge is 0.126 e. The van der Waals surface area contributed by atoms with Crippen LogP contribution >= 0.6 is 0 Å². The molecule has 1 fully saturated rings. The van der Waals surface area contributed by atoms with Gasteiger partial charge in [0.15, 0.2) is 0 Å². The quantitative estimate of drug-likeness (QED) is 0.707. The van der Waals surface area contributed by atoms with E-state index < -0.39 is 0 Å².